The molecule has 5 heteroatoms. The number of phenolic OH excluding ortho intramolecular Hbond substituents is 1. The zero-order chi connectivity index (χ0) is 11.5. The Morgan fingerprint density at radius 1 is 1.31 bits per heavy atom. The first-order valence-electron chi connectivity index (χ1n) is 4.68. The molecule has 0 radical (unpaired) electrons. The molecule has 0 spiro atoms. The van der Waals surface area contributed by atoms with E-state index in [9.17, 15) is 9.90 Å². The van der Waals surface area contributed by atoms with Crippen molar-refractivity contribution < 1.29 is 9.84 Å². The molecular weight excluding hydrogens is 208 g/mol. The zero-order valence-corrected chi connectivity index (χ0v) is 8.60. The highest BCUT2D eigenvalue weighted by atomic mass is 16.5. The van der Waals surface area contributed by atoms with Gasteiger partial charge in [0.25, 0.3) is 0 Å². The molecule has 1 aromatic carbocycles. The average molecular weight is 218 g/mol. The Balaban J connectivity index is 2.34. The van der Waals surface area contributed by atoms with Crippen molar-refractivity contribution in [3.8, 4) is 17.2 Å². The molecule has 0 atom stereocenters. The third kappa shape index (κ3) is 2.03. The van der Waals surface area contributed by atoms with Crippen LogP contribution in [-0.4, -0.2) is 15.1 Å². The molecule has 0 aliphatic heterocycles. The SMILES string of the molecule is Cc1[nH]c(=O)ncc1Oc1ccccc1O. The second-order valence-corrected chi connectivity index (χ2v) is 3.25. The van der Waals surface area contributed by atoms with Crippen molar-refractivity contribution in [1.29, 1.82) is 0 Å². The second kappa shape index (κ2) is 4.06. The van der Waals surface area contributed by atoms with Crippen molar-refractivity contribution in [2.45, 2.75) is 6.92 Å². The number of nitrogens with zero attached hydrogens (tertiary/aromatic N) is 1. The summed E-state index contributed by atoms with van der Waals surface area (Å²) in [6.07, 6.45) is 1.32. The van der Waals surface area contributed by atoms with Crippen LogP contribution >= 0.6 is 0 Å². The van der Waals surface area contributed by atoms with Crippen molar-refractivity contribution in [1.82, 2.24) is 9.97 Å². The lowest BCUT2D eigenvalue weighted by molar-refractivity contribution is 0.407. The summed E-state index contributed by atoms with van der Waals surface area (Å²) in [5, 5.41) is 9.50. The third-order valence-electron chi connectivity index (χ3n) is 2.05. The number of H-pyrrole nitrogens is 1. The van der Waals surface area contributed by atoms with Crippen LogP contribution in [0.25, 0.3) is 0 Å². The van der Waals surface area contributed by atoms with Gasteiger partial charge in [0.05, 0.1) is 11.9 Å². The fourth-order valence-electron chi connectivity index (χ4n) is 1.23. The van der Waals surface area contributed by atoms with Gasteiger partial charge in [0.15, 0.2) is 17.2 Å². The first-order chi connectivity index (χ1) is 7.66. The Morgan fingerprint density at radius 3 is 2.75 bits per heavy atom. The molecule has 0 aliphatic rings. The molecule has 82 valence electrons. The van der Waals surface area contributed by atoms with E-state index >= 15 is 0 Å². The molecule has 2 N–H and O–H groups in total. The molecule has 0 saturated heterocycles. The monoisotopic (exact) mass is 218 g/mol. The highest BCUT2D eigenvalue weighted by molar-refractivity contribution is 5.41. The van der Waals surface area contributed by atoms with Gasteiger partial charge in [0.1, 0.15) is 0 Å². The average Bonchev–Trinajstić information content (AvgIpc) is 2.25. The Bertz CT molecular complexity index is 563. The van der Waals surface area contributed by atoms with E-state index in [2.05, 4.69) is 9.97 Å². The van der Waals surface area contributed by atoms with Crippen LogP contribution in [0.4, 0.5) is 0 Å². The largest absolute Gasteiger partial charge is 0.504 e. The standard InChI is InChI=1S/C11H10N2O3/c1-7-10(6-12-11(15)13-7)16-9-5-3-2-4-8(9)14/h2-6,14H,1H3,(H,12,13,15). The number of rotatable bonds is 2. The quantitative estimate of drug-likeness (QED) is 0.802. The highest BCUT2D eigenvalue weighted by Gasteiger charge is 2.05. The molecule has 1 heterocycles. The summed E-state index contributed by atoms with van der Waals surface area (Å²) in [6, 6.07) is 6.58. The predicted molar refractivity (Wildman–Crippen MR) is 57.8 cm³/mol. The number of para-hydroxylation sites is 2. The molecular formula is C11H10N2O3. The number of aryl methyl sites for hydroxylation is 1. The molecule has 0 unspecified atom stereocenters. The van der Waals surface area contributed by atoms with Crippen LogP contribution in [0.1, 0.15) is 5.69 Å². The molecule has 0 amide bonds. The molecule has 0 bridgehead atoms. The lowest BCUT2D eigenvalue weighted by atomic mass is 10.3. The lowest BCUT2D eigenvalue weighted by Gasteiger charge is -2.08. The van der Waals surface area contributed by atoms with E-state index < -0.39 is 5.69 Å². The number of phenols is 1. The highest BCUT2D eigenvalue weighted by Crippen LogP contribution is 2.30. The first kappa shape index (κ1) is 10.2. The minimum absolute atomic E-state index is 0.0353. The van der Waals surface area contributed by atoms with Crippen molar-refractivity contribution in [2.24, 2.45) is 0 Å². The number of aromatic hydroxyl groups is 1. The number of ether oxygens (including phenoxy) is 1. The van der Waals surface area contributed by atoms with E-state index in [1.54, 1.807) is 25.1 Å². The Hall–Kier alpha value is -2.30. The van der Waals surface area contributed by atoms with Gasteiger partial charge in [-0.1, -0.05) is 12.1 Å². The van der Waals surface area contributed by atoms with Gasteiger partial charge < -0.3 is 14.8 Å². The van der Waals surface area contributed by atoms with Crippen LogP contribution in [0, 0.1) is 6.92 Å². The van der Waals surface area contributed by atoms with Gasteiger partial charge in [-0.25, -0.2) is 4.79 Å². The van der Waals surface area contributed by atoms with Gasteiger partial charge >= 0.3 is 5.69 Å². The number of aromatic amines is 1. The molecule has 16 heavy (non-hydrogen) atoms. The third-order valence-corrected chi connectivity index (χ3v) is 2.05. The summed E-state index contributed by atoms with van der Waals surface area (Å²) >= 11 is 0. The van der Waals surface area contributed by atoms with Gasteiger partial charge in [-0.05, 0) is 19.1 Å². The van der Waals surface area contributed by atoms with E-state index in [0.717, 1.165) is 0 Å². The number of benzene rings is 1. The zero-order valence-electron chi connectivity index (χ0n) is 8.60. The van der Waals surface area contributed by atoms with Crippen LogP contribution in [0.2, 0.25) is 0 Å². The van der Waals surface area contributed by atoms with E-state index in [1.807, 2.05) is 0 Å². The van der Waals surface area contributed by atoms with E-state index in [0.29, 0.717) is 17.2 Å². The predicted octanol–water partition coefficient (Wildman–Crippen LogP) is 1.58. The van der Waals surface area contributed by atoms with Crippen molar-refractivity contribution >= 4 is 0 Å². The van der Waals surface area contributed by atoms with E-state index in [4.69, 9.17) is 4.74 Å². The summed E-state index contributed by atoms with van der Waals surface area (Å²) in [5.41, 5.74) is 0.130. The van der Waals surface area contributed by atoms with Crippen molar-refractivity contribution in [3.05, 3.63) is 46.6 Å². The molecule has 0 aliphatic carbocycles. The topological polar surface area (TPSA) is 75.2 Å². The van der Waals surface area contributed by atoms with Gasteiger partial charge in [0, 0.05) is 0 Å². The smallest absolute Gasteiger partial charge is 0.345 e. The minimum Gasteiger partial charge on any atom is -0.504 e. The van der Waals surface area contributed by atoms with E-state index in [1.165, 1.54) is 12.3 Å². The fourth-order valence-corrected chi connectivity index (χ4v) is 1.23. The van der Waals surface area contributed by atoms with Gasteiger partial charge in [-0.15, -0.1) is 0 Å². The van der Waals surface area contributed by atoms with Crippen LogP contribution in [0.15, 0.2) is 35.3 Å². The second-order valence-electron chi connectivity index (χ2n) is 3.25. The summed E-state index contributed by atoms with van der Waals surface area (Å²) < 4.78 is 5.41. The van der Waals surface area contributed by atoms with Crippen LogP contribution in [0.3, 0.4) is 0 Å². The molecule has 0 saturated carbocycles. The molecule has 0 fully saturated rings. The number of hydrogen-bond donors (Lipinski definition) is 2. The van der Waals surface area contributed by atoms with Crippen molar-refractivity contribution in [3.63, 3.8) is 0 Å². The maximum absolute atomic E-state index is 10.9. The normalized spacial score (nSPS) is 10.1. The van der Waals surface area contributed by atoms with Crippen LogP contribution in [0.5, 0.6) is 17.2 Å². The lowest BCUT2D eigenvalue weighted by Crippen LogP contribution is -2.11. The van der Waals surface area contributed by atoms with Crippen LogP contribution < -0.4 is 10.4 Å². The molecule has 5 nitrogen and oxygen atoms in total. The number of hydrogen-bond acceptors (Lipinski definition) is 4. The Kier molecular flexibility index (Phi) is 2.59. The minimum atomic E-state index is -0.429. The Labute approximate surface area is 91.4 Å². The molecule has 2 aromatic rings. The van der Waals surface area contributed by atoms with Gasteiger partial charge in [-0.2, -0.15) is 4.98 Å². The maximum atomic E-state index is 10.9. The maximum Gasteiger partial charge on any atom is 0.345 e. The van der Waals surface area contributed by atoms with Crippen molar-refractivity contribution in [2.75, 3.05) is 0 Å². The number of aromatic nitrogens is 2. The summed E-state index contributed by atoms with van der Waals surface area (Å²) in [4.78, 5) is 16.9. The summed E-state index contributed by atoms with van der Waals surface area (Å²) in [7, 11) is 0. The molecule has 1 aromatic heterocycles. The van der Waals surface area contributed by atoms with Gasteiger partial charge in [-0.3, -0.25) is 0 Å². The fraction of sp³-hybridized carbons (Fsp3) is 0.0909. The summed E-state index contributed by atoms with van der Waals surface area (Å²) in [6.45, 7) is 1.69. The van der Waals surface area contributed by atoms with Crippen LogP contribution in [-0.2, 0) is 0 Å². The van der Waals surface area contributed by atoms with E-state index in [-0.39, 0.29) is 5.75 Å². The van der Waals surface area contributed by atoms with Gasteiger partial charge in [0.2, 0.25) is 0 Å². The number of nitrogens with one attached hydrogen (secondary N) is 1. The Morgan fingerprint density at radius 2 is 2.06 bits per heavy atom. The first-order valence-corrected chi connectivity index (χ1v) is 4.68. The molecule has 2 rings (SSSR count). The summed E-state index contributed by atoms with van der Waals surface area (Å²) in [5.74, 6) is 0.758.